The van der Waals surface area contributed by atoms with Crippen LogP contribution in [-0.4, -0.2) is 10.7 Å². The summed E-state index contributed by atoms with van der Waals surface area (Å²) in [6, 6.07) is 0. The largest absolute Gasteiger partial charge is 0.386 e. The van der Waals surface area contributed by atoms with Crippen LogP contribution in [0.25, 0.3) is 0 Å². The van der Waals surface area contributed by atoms with Crippen LogP contribution in [-0.2, 0) is 0 Å². The Labute approximate surface area is 80.8 Å². The zero-order valence-corrected chi connectivity index (χ0v) is 8.50. The first-order valence-electron chi connectivity index (χ1n) is 5.47. The van der Waals surface area contributed by atoms with Crippen molar-refractivity contribution >= 4 is 0 Å². The number of hydrogen-bond donors (Lipinski definition) is 1. The second-order valence-corrected chi connectivity index (χ2v) is 5.20. The molecule has 0 amide bonds. The molecule has 74 valence electrons. The van der Waals surface area contributed by atoms with Gasteiger partial charge in [0.2, 0.25) is 0 Å². The van der Waals surface area contributed by atoms with Crippen molar-refractivity contribution in [3.05, 3.63) is 12.7 Å². The Kier molecular flexibility index (Phi) is 2.23. The Morgan fingerprint density at radius 1 is 1.46 bits per heavy atom. The van der Waals surface area contributed by atoms with E-state index < -0.39 is 5.60 Å². The molecular formula is C12H20O. The lowest BCUT2D eigenvalue weighted by atomic mass is 9.81. The summed E-state index contributed by atoms with van der Waals surface area (Å²) in [6.07, 6.45) is 8.25. The zero-order chi connectivity index (χ0) is 9.47. The molecule has 2 aliphatic carbocycles. The summed E-state index contributed by atoms with van der Waals surface area (Å²) in [5.41, 5.74) is -0.630. The third-order valence-corrected chi connectivity index (χ3v) is 4.00. The minimum atomic E-state index is -0.630. The molecule has 2 bridgehead atoms. The van der Waals surface area contributed by atoms with Gasteiger partial charge in [-0.2, -0.15) is 0 Å². The lowest BCUT2D eigenvalue weighted by Gasteiger charge is -2.28. The number of aliphatic hydroxyl groups is 1. The Balaban J connectivity index is 1.93. The van der Waals surface area contributed by atoms with Crippen LogP contribution in [0.5, 0.6) is 0 Å². The number of rotatable bonds is 3. The van der Waals surface area contributed by atoms with Crippen LogP contribution in [0, 0.1) is 17.8 Å². The van der Waals surface area contributed by atoms with Crippen LogP contribution < -0.4 is 0 Å². The van der Waals surface area contributed by atoms with Crippen molar-refractivity contribution < 1.29 is 5.11 Å². The molecule has 4 unspecified atom stereocenters. The van der Waals surface area contributed by atoms with E-state index in [2.05, 4.69) is 6.58 Å². The van der Waals surface area contributed by atoms with Gasteiger partial charge < -0.3 is 5.11 Å². The van der Waals surface area contributed by atoms with Crippen molar-refractivity contribution in [2.24, 2.45) is 17.8 Å². The van der Waals surface area contributed by atoms with E-state index in [0.29, 0.717) is 0 Å². The van der Waals surface area contributed by atoms with E-state index in [-0.39, 0.29) is 0 Å². The summed E-state index contributed by atoms with van der Waals surface area (Å²) in [7, 11) is 0. The second-order valence-electron chi connectivity index (χ2n) is 5.20. The average molecular weight is 180 g/mol. The maximum absolute atomic E-state index is 9.89. The summed E-state index contributed by atoms with van der Waals surface area (Å²) >= 11 is 0. The average Bonchev–Trinajstić information content (AvgIpc) is 2.64. The molecule has 0 heterocycles. The van der Waals surface area contributed by atoms with Gasteiger partial charge >= 0.3 is 0 Å². The van der Waals surface area contributed by atoms with Crippen LogP contribution in [0.3, 0.4) is 0 Å². The van der Waals surface area contributed by atoms with Gasteiger partial charge in [-0.1, -0.05) is 12.5 Å². The van der Waals surface area contributed by atoms with Gasteiger partial charge in [0.1, 0.15) is 0 Å². The first kappa shape index (κ1) is 9.26. The van der Waals surface area contributed by atoms with E-state index in [1.54, 1.807) is 6.08 Å². The smallest absolute Gasteiger partial charge is 0.0799 e. The molecule has 0 aliphatic heterocycles. The van der Waals surface area contributed by atoms with E-state index in [9.17, 15) is 5.11 Å². The molecule has 2 saturated carbocycles. The van der Waals surface area contributed by atoms with E-state index >= 15 is 0 Å². The summed E-state index contributed by atoms with van der Waals surface area (Å²) in [4.78, 5) is 0. The predicted molar refractivity (Wildman–Crippen MR) is 54.4 cm³/mol. The molecule has 0 aromatic carbocycles. The van der Waals surface area contributed by atoms with Crippen molar-refractivity contribution in [1.82, 2.24) is 0 Å². The van der Waals surface area contributed by atoms with E-state index in [1.165, 1.54) is 25.7 Å². The van der Waals surface area contributed by atoms with Crippen molar-refractivity contribution in [3.63, 3.8) is 0 Å². The third kappa shape index (κ3) is 1.80. The molecule has 0 aromatic heterocycles. The highest BCUT2D eigenvalue weighted by atomic mass is 16.3. The fraction of sp³-hybridized carbons (Fsp3) is 0.833. The highest BCUT2D eigenvalue weighted by Gasteiger charge is 2.41. The molecule has 0 aromatic rings. The predicted octanol–water partition coefficient (Wildman–Crippen LogP) is 2.75. The topological polar surface area (TPSA) is 20.2 Å². The van der Waals surface area contributed by atoms with Crippen LogP contribution in [0.15, 0.2) is 12.7 Å². The lowest BCUT2D eigenvalue weighted by molar-refractivity contribution is 0.0697. The van der Waals surface area contributed by atoms with Gasteiger partial charge in [-0.3, -0.25) is 0 Å². The Bertz CT molecular complexity index is 207. The van der Waals surface area contributed by atoms with Gasteiger partial charge in [0.15, 0.2) is 0 Å². The van der Waals surface area contributed by atoms with Gasteiger partial charge in [0.05, 0.1) is 5.60 Å². The standard InChI is InChI=1S/C12H20O/c1-3-12(2,13)8-11-7-9-4-5-10(11)6-9/h3,9-11,13H,1,4-8H2,2H3. The Hall–Kier alpha value is -0.300. The third-order valence-electron chi connectivity index (χ3n) is 4.00. The zero-order valence-electron chi connectivity index (χ0n) is 8.50. The molecule has 0 radical (unpaired) electrons. The van der Waals surface area contributed by atoms with E-state index in [0.717, 1.165) is 24.2 Å². The second kappa shape index (κ2) is 3.13. The first-order chi connectivity index (χ1) is 6.11. The van der Waals surface area contributed by atoms with Gasteiger partial charge in [0, 0.05) is 0 Å². The number of fused-ring (bicyclic) bond motifs is 2. The highest BCUT2D eigenvalue weighted by molar-refractivity contribution is 4.98. The van der Waals surface area contributed by atoms with Crippen LogP contribution in [0.1, 0.15) is 39.0 Å². The lowest BCUT2D eigenvalue weighted by Crippen LogP contribution is -2.27. The molecule has 1 N–H and O–H groups in total. The molecular weight excluding hydrogens is 160 g/mol. The first-order valence-corrected chi connectivity index (χ1v) is 5.47. The highest BCUT2D eigenvalue weighted by Crippen LogP contribution is 2.50. The molecule has 2 fully saturated rings. The molecule has 1 heteroatoms. The molecule has 2 rings (SSSR count). The summed E-state index contributed by atoms with van der Waals surface area (Å²) < 4.78 is 0. The summed E-state index contributed by atoms with van der Waals surface area (Å²) in [5, 5.41) is 9.89. The van der Waals surface area contributed by atoms with Gasteiger partial charge in [0.25, 0.3) is 0 Å². The molecule has 0 spiro atoms. The fourth-order valence-corrected chi connectivity index (χ4v) is 3.24. The normalized spacial score (nSPS) is 41.8. The quantitative estimate of drug-likeness (QED) is 0.662. The maximum atomic E-state index is 9.89. The summed E-state index contributed by atoms with van der Waals surface area (Å²) in [6.45, 7) is 5.57. The van der Waals surface area contributed by atoms with Crippen LogP contribution in [0.4, 0.5) is 0 Å². The molecule has 2 aliphatic rings. The van der Waals surface area contributed by atoms with Crippen molar-refractivity contribution in [3.8, 4) is 0 Å². The fourth-order valence-electron chi connectivity index (χ4n) is 3.24. The number of hydrogen-bond acceptors (Lipinski definition) is 1. The van der Waals surface area contributed by atoms with Gasteiger partial charge in [-0.25, -0.2) is 0 Å². The summed E-state index contributed by atoms with van der Waals surface area (Å²) in [5.74, 6) is 2.67. The molecule has 1 nitrogen and oxygen atoms in total. The molecule has 0 saturated heterocycles. The molecule has 4 atom stereocenters. The van der Waals surface area contributed by atoms with Gasteiger partial charge in [-0.15, -0.1) is 6.58 Å². The molecule has 13 heavy (non-hydrogen) atoms. The SMILES string of the molecule is C=CC(C)(O)CC1CC2CCC1C2. The van der Waals surface area contributed by atoms with Crippen molar-refractivity contribution in [2.45, 2.75) is 44.6 Å². The van der Waals surface area contributed by atoms with E-state index in [1.807, 2.05) is 6.92 Å². The van der Waals surface area contributed by atoms with Crippen molar-refractivity contribution in [1.29, 1.82) is 0 Å². The minimum absolute atomic E-state index is 0.630. The van der Waals surface area contributed by atoms with Gasteiger partial charge in [-0.05, 0) is 50.4 Å². The maximum Gasteiger partial charge on any atom is 0.0799 e. The minimum Gasteiger partial charge on any atom is -0.386 e. The van der Waals surface area contributed by atoms with E-state index in [4.69, 9.17) is 0 Å². The Morgan fingerprint density at radius 2 is 2.23 bits per heavy atom. The van der Waals surface area contributed by atoms with Crippen molar-refractivity contribution in [2.75, 3.05) is 0 Å². The Morgan fingerprint density at radius 3 is 2.69 bits per heavy atom. The van der Waals surface area contributed by atoms with Crippen LogP contribution in [0.2, 0.25) is 0 Å². The monoisotopic (exact) mass is 180 g/mol. The van der Waals surface area contributed by atoms with Crippen LogP contribution >= 0.6 is 0 Å².